The number of hydrogen-bond acceptors (Lipinski definition) is 3. The Balaban J connectivity index is 2.83. The van der Waals surface area contributed by atoms with E-state index in [4.69, 9.17) is 5.73 Å². The minimum atomic E-state index is -4.57. The van der Waals surface area contributed by atoms with Crippen LogP contribution in [0.4, 0.5) is 18.9 Å². The molecule has 0 saturated heterocycles. The second kappa shape index (κ2) is 3.26. The highest BCUT2D eigenvalue weighted by Crippen LogP contribution is 2.35. The smallest absolute Gasteiger partial charge is 0.417 e. The molecule has 0 atom stereocenters. The van der Waals surface area contributed by atoms with Gasteiger partial charge in [-0.25, -0.2) is 0 Å². The first-order chi connectivity index (χ1) is 7.38. The molecule has 2 rings (SSSR count). The number of nitrogen functional groups attached to an aromatic ring is 1. The lowest BCUT2D eigenvalue weighted by Crippen LogP contribution is -2.08. The van der Waals surface area contributed by atoms with E-state index in [1.165, 1.54) is 18.2 Å². The number of nitrogens with two attached hydrogens (primary N) is 1. The largest absolute Gasteiger partial charge is 0.859 e. The van der Waals surface area contributed by atoms with Crippen molar-refractivity contribution in [1.29, 1.82) is 0 Å². The Kier molecular flexibility index (Phi) is 2.15. The molecule has 3 nitrogen and oxygen atoms in total. The van der Waals surface area contributed by atoms with Gasteiger partial charge in [-0.1, -0.05) is 6.07 Å². The van der Waals surface area contributed by atoms with Crippen molar-refractivity contribution in [3.05, 3.63) is 29.8 Å². The monoisotopic (exact) mass is 227 g/mol. The number of benzene rings is 1. The molecule has 2 N–H and O–H groups in total. The number of fused-ring (bicyclic) bond motifs is 1. The summed E-state index contributed by atoms with van der Waals surface area (Å²) in [6.45, 7) is 0. The molecule has 0 aliphatic rings. The van der Waals surface area contributed by atoms with Gasteiger partial charge in [0, 0.05) is 11.1 Å². The van der Waals surface area contributed by atoms with Crippen molar-refractivity contribution >= 4 is 16.6 Å². The minimum Gasteiger partial charge on any atom is -0.859 e. The van der Waals surface area contributed by atoms with E-state index >= 15 is 0 Å². The van der Waals surface area contributed by atoms with Gasteiger partial charge in [0.05, 0.1) is 11.1 Å². The van der Waals surface area contributed by atoms with Crippen molar-refractivity contribution in [2.75, 3.05) is 5.73 Å². The molecule has 0 bridgehead atoms. The molecule has 0 saturated carbocycles. The lowest BCUT2D eigenvalue weighted by Gasteiger charge is -2.14. The highest BCUT2D eigenvalue weighted by atomic mass is 19.4. The summed E-state index contributed by atoms with van der Waals surface area (Å²) in [6, 6.07) is 4.27. The van der Waals surface area contributed by atoms with E-state index in [2.05, 4.69) is 4.98 Å². The zero-order valence-electron chi connectivity index (χ0n) is 7.88. The fraction of sp³-hybridized carbons (Fsp3) is 0.100. The van der Waals surface area contributed by atoms with Gasteiger partial charge >= 0.3 is 6.18 Å². The number of alkyl halides is 3. The van der Waals surface area contributed by atoms with Crippen LogP contribution in [0.15, 0.2) is 24.3 Å². The average molecular weight is 227 g/mol. The molecule has 16 heavy (non-hydrogen) atoms. The van der Waals surface area contributed by atoms with Crippen LogP contribution in [0.3, 0.4) is 0 Å². The van der Waals surface area contributed by atoms with E-state index in [1.54, 1.807) is 0 Å². The first-order valence-electron chi connectivity index (χ1n) is 4.32. The molecule has 1 heterocycles. The summed E-state index contributed by atoms with van der Waals surface area (Å²) in [5.41, 5.74) is 4.65. The summed E-state index contributed by atoms with van der Waals surface area (Å²) in [5.74, 6) is -0.926. The third-order valence-corrected chi connectivity index (χ3v) is 2.12. The number of anilines is 1. The molecule has 0 aliphatic carbocycles. The van der Waals surface area contributed by atoms with Crippen molar-refractivity contribution in [2.24, 2.45) is 0 Å². The second-order valence-electron chi connectivity index (χ2n) is 3.28. The fourth-order valence-corrected chi connectivity index (χ4v) is 1.46. The summed E-state index contributed by atoms with van der Waals surface area (Å²) >= 11 is 0. The van der Waals surface area contributed by atoms with Crippen LogP contribution in [0.1, 0.15) is 5.56 Å². The summed E-state index contributed by atoms with van der Waals surface area (Å²) in [7, 11) is 0. The molecule has 2 aromatic rings. The maximum Gasteiger partial charge on any atom is 0.417 e. The van der Waals surface area contributed by atoms with Gasteiger partial charge in [0.2, 0.25) is 0 Å². The number of rotatable bonds is 0. The van der Waals surface area contributed by atoms with Crippen LogP contribution in [-0.4, -0.2) is 4.98 Å². The summed E-state index contributed by atoms with van der Waals surface area (Å²) in [5, 5.41) is 10.9. The van der Waals surface area contributed by atoms with Gasteiger partial charge in [0.1, 0.15) is 0 Å². The van der Waals surface area contributed by atoms with Gasteiger partial charge in [-0.3, -0.25) is 4.98 Å². The van der Waals surface area contributed by atoms with Gasteiger partial charge in [-0.05, 0) is 24.1 Å². The maximum atomic E-state index is 12.6. The molecule has 0 radical (unpaired) electrons. The molecule has 1 aromatic heterocycles. The average Bonchev–Trinajstić information content (AvgIpc) is 2.14. The number of halogens is 3. The minimum absolute atomic E-state index is 0.0418. The first-order valence-corrected chi connectivity index (χ1v) is 4.32. The van der Waals surface area contributed by atoms with E-state index < -0.39 is 17.6 Å². The summed E-state index contributed by atoms with van der Waals surface area (Å²) in [4.78, 5) is 3.48. The number of hydrogen-bond donors (Lipinski definition) is 1. The van der Waals surface area contributed by atoms with Crippen molar-refractivity contribution in [3.63, 3.8) is 0 Å². The summed E-state index contributed by atoms with van der Waals surface area (Å²) < 4.78 is 37.8. The van der Waals surface area contributed by atoms with Crippen LogP contribution in [0.2, 0.25) is 0 Å². The molecular formula is C10H6F3N2O-. The maximum absolute atomic E-state index is 12.6. The quantitative estimate of drug-likeness (QED) is 0.699. The Labute approximate surface area is 88.3 Å². The van der Waals surface area contributed by atoms with Crippen LogP contribution >= 0.6 is 0 Å². The molecule has 0 fully saturated rings. The van der Waals surface area contributed by atoms with Gasteiger partial charge in [-0.2, -0.15) is 13.2 Å². The van der Waals surface area contributed by atoms with Crippen molar-refractivity contribution < 1.29 is 18.3 Å². The predicted octanol–water partition coefficient (Wildman–Crippen LogP) is 1.91. The lowest BCUT2D eigenvalue weighted by atomic mass is 10.1. The van der Waals surface area contributed by atoms with Crippen LogP contribution in [-0.2, 0) is 6.18 Å². The fourth-order valence-electron chi connectivity index (χ4n) is 1.46. The summed E-state index contributed by atoms with van der Waals surface area (Å²) in [6.07, 6.45) is -4.57. The number of aromatic nitrogens is 1. The molecule has 6 heteroatoms. The molecule has 0 unspecified atom stereocenters. The van der Waals surface area contributed by atoms with Gasteiger partial charge < -0.3 is 10.8 Å². The van der Waals surface area contributed by atoms with Crippen LogP contribution < -0.4 is 10.8 Å². The Morgan fingerprint density at radius 3 is 2.50 bits per heavy atom. The standard InChI is InChI=1S/C10H7F3N2O/c11-10(12,13)7-4-9(16)15-8-3-5(14)1-2-6(7)8/h1-4H,14H2,(H,15,16)/p-1. The van der Waals surface area contributed by atoms with Crippen LogP contribution in [0.5, 0.6) is 5.88 Å². The highest BCUT2D eigenvalue weighted by Gasteiger charge is 2.32. The van der Waals surface area contributed by atoms with Gasteiger partial charge in [0.25, 0.3) is 0 Å². The van der Waals surface area contributed by atoms with Crippen molar-refractivity contribution in [2.45, 2.75) is 6.18 Å². The van der Waals surface area contributed by atoms with E-state index in [0.717, 1.165) is 0 Å². The third kappa shape index (κ3) is 1.73. The molecule has 0 amide bonds. The second-order valence-corrected chi connectivity index (χ2v) is 3.28. The van der Waals surface area contributed by atoms with Gasteiger partial charge in [-0.15, -0.1) is 0 Å². The molecule has 1 aromatic carbocycles. The Hall–Kier alpha value is -1.98. The van der Waals surface area contributed by atoms with Gasteiger partial charge in [0.15, 0.2) is 0 Å². The first kappa shape index (κ1) is 10.5. The predicted molar refractivity (Wildman–Crippen MR) is 50.6 cm³/mol. The Bertz CT molecular complexity index is 546. The van der Waals surface area contributed by atoms with Crippen LogP contribution in [0.25, 0.3) is 10.9 Å². The zero-order chi connectivity index (χ0) is 11.9. The van der Waals surface area contributed by atoms with E-state index in [9.17, 15) is 18.3 Å². The zero-order valence-corrected chi connectivity index (χ0v) is 7.88. The van der Waals surface area contributed by atoms with E-state index in [1.807, 2.05) is 0 Å². The lowest BCUT2D eigenvalue weighted by molar-refractivity contribution is -0.275. The van der Waals surface area contributed by atoms with Crippen molar-refractivity contribution in [3.8, 4) is 5.88 Å². The normalized spacial score (nSPS) is 11.9. The Morgan fingerprint density at radius 1 is 1.19 bits per heavy atom. The third-order valence-electron chi connectivity index (χ3n) is 2.12. The topological polar surface area (TPSA) is 62.0 Å². The van der Waals surface area contributed by atoms with E-state index in [0.29, 0.717) is 6.07 Å². The number of pyridine rings is 1. The molecule has 0 spiro atoms. The van der Waals surface area contributed by atoms with E-state index in [-0.39, 0.29) is 16.6 Å². The SMILES string of the molecule is Nc1ccc2c(C(F)(F)F)cc([O-])nc2c1. The van der Waals surface area contributed by atoms with Crippen molar-refractivity contribution in [1.82, 2.24) is 4.98 Å². The highest BCUT2D eigenvalue weighted by molar-refractivity contribution is 5.85. The molecule has 84 valence electrons. The molecular weight excluding hydrogens is 221 g/mol. The van der Waals surface area contributed by atoms with Crippen LogP contribution in [0, 0.1) is 0 Å². The number of nitrogens with zero attached hydrogens (tertiary/aromatic N) is 1. The molecule has 0 aliphatic heterocycles. The Morgan fingerprint density at radius 2 is 1.88 bits per heavy atom.